The molecular formula is C13H14BrFO4. The molecule has 6 heteroatoms. The van der Waals surface area contributed by atoms with Gasteiger partial charge in [-0.2, -0.15) is 0 Å². The van der Waals surface area contributed by atoms with Crippen LogP contribution in [-0.2, 0) is 10.2 Å². The van der Waals surface area contributed by atoms with Gasteiger partial charge in [-0.15, -0.1) is 0 Å². The minimum Gasteiger partial charge on any atom is -0.504 e. The van der Waals surface area contributed by atoms with Gasteiger partial charge in [0.1, 0.15) is 5.82 Å². The summed E-state index contributed by atoms with van der Waals surface area (Å²) in [7, 11) is 0. The molecule has 1 aliphatic carbocycles. The Kier molecular flexibility index (Phi) is 3.71. The summed E-state index contributed by atoms with van der Waals surface area (Å²) in [6.45, 7) is 0. The number of phenols is 2. The molecule has 3 N–H and O–H groups in total. The Morgan fingerprint density at radius 1 is 1.26 bits per heavy atom. The SMILES string of the molecule is O=C(O)C1(c2c(O)c(O)cc(Br)c2F)CCCCC1. The smallest absolute Gasteiger partial charge is 0.314 e. The maximum atomic E-state index is 14.3. The van der Waals surface area contributed by atoms with Crippen LogP contribution < -0.4 is 0 Å². The molecule has 1 saturated carbocycles. The summed E-state index contributed by atoms with van der Waals surface area (Å²) in [4.78, 5) is 11.6. The van der Waals surface area contributed by atoms with E-state index in [1.54, 1.807) is 0 Å². The van der Waals surface area contributed by atoms with Crippen molar-refractivity contribution in [2.45, 2.75) is 37.5 Å². The third-order valence-corrected chi connectivity index (χ3v) is 4.34. The molecule has 0 amide bonds. The minimum atomic E-state index is -1.46. The summed E-state index contributed by atoms with van der Waals surface area (Å²) >= 11 is 2.93. The molecular weight excluding hydrogens is 319 g/mol. The molecule has 0 unspecified atom stereocenters. The lowest BCUT2D eigenvalue weighted by Gasteiger charge is -2.34. The van der Waals surface area contributed by atoms with Crippen molar-refractivity contribution in [3.63, 3.8) is 0 Å². The highest BCUT2D eigenvalue weighted by molar-refractivity contribution is 9.10. The van der Waals surface area contributed by atoms with Crippen molar-refractivity contribution in [1.29, 1.82) is 0 Å². The van der Waals surface area contributed by atoms with Crippen LogP contribution in [0, 0.1) is 5.82 Å². The summed E-state index contributed by atoms with van der Waals surface area (Å²) in [5.74, 6) is -3.18. The van der Waals surface area contributed by atoms with Crippen molar-refractivity contribution in [2.24, 2.45) is 0 Å². The summed E-state index contributed by atoms with van der Waals surface area (Å²) in [6.07, 6.45) is 2.69. The first-order valence-corrected chi connectivity index (χ1v) is 6.83. The number of rotatable bonds is 2. The zero-order chi connectivity index (χ0) is 14.2. The van der Waals surface area contributed by atoms with Crippen LogP contribution in [0.3, 0.4) is 0 Å². The zero-order valence-electron chi connectivity index (χ0n) is 10.1. The summed E-state index contributed by atoms with van der Waals surface area (Å²) < 4.78 is 14.2. The summed E-state index contributed by atoms with van der Waals surface area (Å²) in [5.41, 5.74) is -1.78. The van der Waals surface area contributed by atoms with Gasteiger partial charge in [-0.05, 0) is 28.8 Å². The third-order valence-electron chi connectivity index (χ3n) is 3.77. The lowest BCUT2D eigenvalue weighted by molar-refractivity contribution is -0.145. The van der Waals surface area contributed by atoms with Crippen molar-refractivity contribution in [1.82, 2.24) is 0 Å². The number of carboxylic acids is 1. The monoisotopic (exact) mass is 332 g/mol. The first-order valence-electron chi connectivity index (χ1n) is 6.04. The molecule has 0 radical (unpaired) electrons. The van der Waals surface area contributed by atoms with E-state index >= 15 is 0 Å². The van der Waals surface area contributed by atoms with Crippen molar-refractivity contribution in [2.75, 3.05) is 0 Å². The second-order valence-electron chi connectivity index (χ2n) is 4.86. The van der Waals surface area contributed by atoms with Gasteiger partial charge in [0.25, 0.3) is 0 Å². The van der Waals surface area contributed by atoms with Crippen LogP contribution in [0.25, 0.3) is 0 Å². The number of aliphatic carboxylic acids is 1. The van der Waals surface area contributed by atoms with E-state index in [9.17, 15) is 24.5 Å². The number of hydrogen-bond donors (Lipinski definition) is 3. The average molecular weight is 333 g/mol. The predicted molar refractivity (Wildman–Crippen MR) is 69.8 cm³/mol. The fourth-order valence-corrected chi connectivity index (χ4v) is 3.18. The fraction of sp³-hybridized carbons (Fsp3) is 0.462. The highest BCUT2D eigenvalue weighted by atomic mass is 79.9. The van der Waals surface area contributed by atoms with E-state index in [2.05, 4.69) is 15.9 Å². The molecule has 0 aromatic heterocycles. The van der Waals surface area contributed by atoms with Gasteiger partial charge in [-0.1, -0.05) is 19.3 Å². The Hall–Kier alpha value is -1.30. The van der Waals surface area contributed by atoms with Gasteiger partial charge in [-0.3, -0.25) is 4.79 Å². The number of hydrogen-bond acceptors (Lipinski definition) is 3. The Bertz CT molecular complexity index is 498. The molecule has 1 aromatic rings. The van der Waals surface area contributed by atoms with E-state index in [1.165, 1.54) is 0 Å². The molecule has 0 bridgehead atoms. The van der Waals surface area contributed by atoms with Gasteiger partial charge in [0.2, 0.25) is 0 Å². The minimum absolute atomic E-state index is 0.0519. The number of benzene rings is 1. The van der Waals surface area contributed by atoms with Crippen molar-refractivity contribution in [3.8, 4) is 11.5 Å². The highest BCUT2D eigenvalue weighted by Crippen LogP contribution is 2.48. The average Bonchev–Trinajstić information content (AvgIpc) is 2.37. The van der Waals surface area contributed by atoms with E-state index in [4.69, 9.17) is 0 Å². The van der Waals surface area contributed by atoms with Crippen molar-refractivity contribution in [3.05, 3.63) is 21.9 Å². The Labute approximate surface area is 118 Å². The normalized spacial score (nSPS) is 18.2. The van der Waals surface area contributed by atoms with E-state index < -0.39 is 28.7 Å². The topological polar surface area (TPSA) is 77.8 Å². The van der Waals surface area contributed by atoms with Gasteiger partial charge in [0, 0.05) is 6.07 Å². The van der Waals surface area contributed by atoms with Gasteiger partial charge in [-0.25, -0.2) is 4.39 Å². The second kappa shape index (κ2) is 5.00. The van der Waals surface area contributed by atoms with Gasteiger partial charge in [0.05, 0.1) is 15.5 Å². The quantitative estimate of drug-likeness (QED) is 0.726. The molecule has 1 aliphatic rings. The maximum Gasteiger partial charge on any atom is 0.314 e. The Balaban J connectivity index is 2.70. The van der Waals surface area contributed by atoms with Crippen LogP contribution in [-0.4, -0.2) is 21.3 Å². The number of carboxylic acid groups (broad SMARTS) is 1. The largest absolute Gasteiger partial charge is 0.504 e. The standard InChI is InChI=1S/C13H14BrFO4/c14-7-6-8(16)11(17)9(10(7)15)13(12(18)19)4-2-1-3-5-13/h6,16-17H,1-5H2,(H,18,19). The summed E-state index contributed by atoms with van der Waals surface area (Å²) in [6, 6.07) is 1.02. The fourth-order valence-electron chi connectivity index (χ4n) is 2.77. The van der Waals surface area contributed by atoms with Crippen LogP contribution in [0.2, 0.25) is 0 Å². The van der Waals surface area contributed by atoms with Gasteiger partial charge in [0.15, 0.2) is 11.5 Å². The number of carbonyl (C=O) groups is 1. The van der Waals surface area contributed by atoms with Crippen LogP contribution in [0.4, 0.5) is 4.39 Å². The third kappa shape index (κ3) is 2.18. The Morgan fingerprint density at radius 2 is 1.84 bits per heavy atom. The summed E-state index contributed by atoms with van der Waals surface area (Å²) in [5, 5.41) is 29.0. The second-order valence-corrected chi connectivity index (χ2v) is 5.72. The van der Waals surface area contributed by atoms with Crippen LogP contribution in [0.1, 0.15) is 37.7 Å². The molecule has 1 aromatic carbocycles. The number of phenolic OH excluding ortho intramolecular Hbond substituents is 2. The molecule has 104 valence electrons. The molecule has 19 heavy (non-hydrogen) atoms. The number of halogens is 2. The van der Waals surface area contributed by atoms with E-state index in [0.717, 1.165) is 12.5 Å². The molecule has 2 rings (SSSR count). The van der Waals surface area contributed by atoms with Crippen LogP contribution in [0.5, 0.6) is 11.5 Å². The maximum absolute atomic E-state index is 14.3. The molecule has 1 fully saturated rings. The molecule has 0 heterocycles. The van der Waals surface area contributed by atoms with E-state index in [0.29, 0.717) is 12.8 Å². The zero-order valence-corrected chi connectivity index (χ0v) is 11.7. The highest BCUT2D eigenvalue weighted by Gasteiger charge is 2.46. The first kappa shape index (κ1) is 14.1. The van der Waals surface area contributed by atoms with Crippen molar-refractivity contribution >= 4 is 21.9 Å². The van der Waals surface area contributed by atoms with E-state index in [-0.39, 0.29) is 22.9 Å². The Morgan fingerprint density at radius 3 is 2.37 bits per heavy atom. The molecule has 0 spiro atoms. The number of aromatic hydroxyl groups is 2. The molecule has 0 atom stereocenters. The van der Waals surface area contributed by atoms with Crippen molar-refractivity contribution < 1.29 is 24.5 Å². The lowest BCUT2D eigenvalue weighted by atomic mass is 9.69. The first-order chi connectivity index (χ1) is 8.90. The lowest BCUT2D eigenvalue weighted by Crippen LogP contribution is -2.38. The van der Waals surface area contributed by atoms with Gasteiger partial charge < -0.3 is 15.3 Å². The van der Waals surface area contributed by atoms with Gasteiger partial charge >= 0.3 is 5.97 Å². The van der Waals surface area contributed by atoms with Crippen LogP contribution >= 0.6 is 15.9 Å². The molecule has 4 nitrogen and oxygen atoms in total. The molecule has 0 saturated heterocycles. The predicted octanol–water partition coefficient (Wildman–Crippen LogP) is 3.29. The van der Waals surface area contributed by atoms with Crippen LogP contribution in [0.15, 0.2) is 10.5 Å². The van der Waals surface area contributed by atoms with E-state index in [1.807, 2.05) is 0 Å². The molecule has 0 aliphatic heterocycles.